The van der Waals surface area contributed by atoms with Gasteiger partial charge >= 0.3 is 5.69 Å². The average molecular weight is 358 g/mol. The fraction of sp³-hybridized carbons (Fsp3) is 0.444. The number of nitrogens with one attached hydrogen (secondary N) is 1. The van der Waals surface area contributed by atoms with E-state index >= 15 is 0 Å². The van der Waals surface area contributed by atoms with Crippen LogP contribution in [0.15, 0.2) is 37.3 Å². The Labute approximate surface area is 150 Å². The van der Waals surface area contributed by atoms with Gasteiger partial charge in [-0.15, -0.1) is 0 Å². The van der Waals surface area contributed by atoms with E-state index in [0.29, 0.717) is 17.5 Å². The van der Waals surface area contributed by atoms with Crippen LogP contribution < -0.4 is 16.3 Å². The van der Waals surface area contributed by atoms with Crippen LogP contribution in [-0.2, 0) is 11.8 Å². The molecule has 0 unspecified atom stereocenters. The Hall–Kier alpha value is -2.90. The maximum absolute atomic E-state index is 11.7. The highest BCUT2D eigenvalue weighted by atomic mass is 16.3. The van der Waals surface area contributed by atoms with Gasteiger partial charge in [-0.2, -0.15) is 5.10 Å². The molecule has 1 N–H and O–H groups in total. The first-order valence-electron chi connectivity index (χ1n) is 8.61. The van der Waals surface area contributed by atoms with Gasteiger partial charge in [0.15, 0.2) is 0 Å². The van der Waals surface area contributed by atoms with Crippen LogP contribution in [0.1, 0.15) is 43.1 Å². The lowest BCUT2D eigenvalue weighted by atomic mass is 9.82. The Bertz CT molecular complexity index is 885. The number of aldehydes is 1. The summed E-state index contributed by atoms with van der Waals surface area (Å²) in [5.74, 6) is 2.31. The van der Waals surface area contributed by atoms with Crippen LogP contribution in [0.3, 0.4) is 0 Å². The molecular weight excluding hydrogens is 336 g/mol. The number of anilines is 1. The second kappa shape index (κ2) is 7.55. The van der Waals surface area contributed by atoms with Crippen LogP contribution in [0.4, 0.5) is 5.82 Å². The third-order valence-electron chi connectivity index (χ3n) is 4.85. The van der Waals surface area contributed by atoms with Crippen molar-refractivity contribution >= 4 is 18.3 Å². The first-order chi connectivity index (χ1) is 12.5. The molecule has 2 aromatic rings. The van der Waals surface area contributed by atoms with E-state index in [-0.39, 0.29) is 5.92 Å². The summed E-state index contributed by atoms with van der Waals surface area (Å²) in [7, 11) is 3.03. The fourth-order valence-corrected chi connectivity index (χ4v) is 3.12. The topological polar surface area (TPSA) is 101 Å². The molecule has 1 saturated carbocycles. The molecule has 1 aliphatic rings. The molecule has 0 saturated heterocycles. The molecule has 8 nitrogen and oxygen atoms in total. The zero-order valence-corrected chi connectivity index (χ0v) is 14.8. The van der Waals surface area contributed by atoms with Crippen molar-refractivity contribution in [2.75, 3.05) is 12.1 Å². The van der Waals surface area contributed by atoms with E-state index in [4.69, 9.17) is 4.42 Å². The average Bonchev–Trinajstić information content (AvgIpc) is 3.12. The lowest BCUT2D eigenvalue weighted by molar-refractivity contribution is -0.112. The number of hydrogen-bond acceptors (Lipinski definition) is 6. The molecule has 2 heterocycles. The van der Waals surface area contributed by atoms with E-state index in [1.54, 1.807) is 7.05 Å². The molecule has 8 heteroatoms. The molecule has 0 aromatic carbocycles. The lowest BCUT2D eigenvalue weighted by Crippen LogP contribution is -2.33. The van der Waals surface area contributed by atoms with E-state index in [1.165, 1.54) is 24.3 Å². The number of hydrogen-bond donors (Lipinski definition) is 1. The Kier molecular flexibility index (Phi) is 5.20. The van der Waals surface area contributed by atoms with Crippen LogP contribution in [0.25, 0.3) is 0 Å². The Morgan fingerprint density at radius 3 is 2.65 bits per heavy atom. The number of carbonyl (C=O) groups is 1. The largest absolute Gasteiger partial charge is 0.460 e. The number of H-pyrrole nitrogens is 1. The van der Waals surface area contributed by atoms with Crippen LogP contribution in [-0.4, -0.2) is 29.1 Å². The van der Waals surface area contributed by atoms with Gasteiger partial charge < -0.3 is 9.21 Å². The molecule has 2 aromatic heterocycles. The van der Waals surface area contributed by atoms with E-state index in [1.807, 2.05) is 12.1 Å². The van der Waals surface area contributed by atoms with Crippen molar-refractivity contribution < 1.29 is 9.21 Å². The quantitative estimate of drug-likeness (QED) is 0.497. The second-order valence-corrected chi connectivity index (χ2v) is 6.61. The predicted molar refractivity (Wildman–Crippen MR) is 97.8 cm³/mol. The van der Waals surface area contributed by atoms with Crippen LogP contribution in [0, 0.1) is 5.92 Å². The third-order valence-corrected chi connectivity index (χ3v) is 4.85. The van der Waals surface area contributed by atoms with Gasteiger partial charge in [0.2, 0.25) is 0 Å². The van der Waals surface area contributed by atoms with Crippen LogP contribution >= 0.6 is 0 Å². The van der Waals surface area contributed by atoms with Gasteiger partial charge in [0, 0.05) is 32.0 Å². The van der Waals surface area contributed by atoms with Gasteiger partial charge in [-0.25, -0.2) is 4.79 Å². The minimum Gasteiger partial charge on any atom is -0.460 e. The van der Waals surface area contributed by atoms with Crippen LogP contribution in [0.5, 0.6) is 0 Å². The number of carbonyl (C=O) groups excluding carboxylic acids is 1. The standard InChI is InChI=1S/C18H22N4O4/c1-21-17(24)9-16(20-18(21)25)22(2)19-10-14-7-8-15(26-14)13-5-3-12(11-23)4-6-13/h7-13H,3-6H2,1-2H3,(H,20,25)/b19-10+. The highest BCUT2D eigenvalue weighted by molar-refractivity contribution is 5.76. The Balaban J connectivity index is 1.68. The number of aromatic nitrogens is 2. The van der Waals surface area contributed by atoms with Gasteiger partial charge in [0.25, 0.3) is 5.56 Å². The maximum atomic E-state index is 11.7. The summed E-state index contributed by atoms with van der Waals surface area (Å²) in [6, 6.07) is 5.08. The summed E-state index contributed by atoms with van der Waals surface area (Å²) in [6.45, 7) is 0. The monoisotopic (exact) mass is 358 g/mol. The molecule has 138 valence electrons. The number of nitrogens with zero attached hydrogens (tertiary/aromatic N) is 3. The van der Waals surface area contributed by atoms with Gasteiger partial charge in [0.1, 0.15) is 23.6 Å². The minimum absolute atomic E-state index is 0.177. The summed E-state index contributed by atoms with van der Waals surface area (Å²) in [5, 5.41) is 5.61. The SMILES string of the molecule is CN(/N=C/c1ccc(C2CCC(C=O)CC2)o1)c1cc(=O)n(C)c(=O)[nH]1. The van der Waals surface area contributed by atoms with Gasteiger partial charge in [-0.1, -0.05) is 0 Å². The van der Waals surface area contributed by atoms with E-state index in [2.05, 4.69) is 10.1 Å². The van der Waals surface area contributed by atoms with Crippen molar-refractivity contribution in [2.45, 2.75) is 31.6 Å². The Morgan fingerprint density at radius 1 is 1.27 bits per heavy atom. The number of rotatable bonds is 5. The van der Waals surface area contributed by atoms with Crippen molar-refractivity contribution in [3.63, 3.8) is 0 Å². The molecule has 0 bridgehead atoms. The first kappa shape index (κ1) is 17.9. The molecule has 3 rings (SSSR count). The number of furan rings is 1. The molecule has 26 heavy (non-hydrogen) atoms. The smallest absolute Gasteiger partial charge is 0.329 e. The van der Waals surface area contributed by atoms with E-state index < -0.39 is 11.2 Å². The molecule has 0 amide bonds. The van der Waals surface area contributed by atoms with Crippen molar-refractivity contribution in [1.29, 1.82) is 0 Å². The zero-order valence-electron chi connectivity index (χ0n) is 14.8. The lowest BCUT2D eigenvalue weighted by Gasteiger charge is -2.23. The number of hydrazone groups is 1. The minimum atomic E-state index is -0.499. The molecule has 0 atom stereocenters. The van der Waals surface area contributed by atoms with Crippen molar-refractivity contribution in [3.8, 4) is 0 Å². The predicted octanol–water partition coefficient (Wildman–Crippen LogP) is 1.61. The Morgan fingerprint density at radius 2 is 2.00 bits per heavy atom. The summed E-state index contributed by atoms with van der Waals surface area (Å²) in [5.41, 5.74) is -0.905. The van der Waals surface area contributed by atoms with Gasteiger partial charge in [-0.05, 0) is 37.8 Å². The van der Waals surface area contributed by atoms with E-state index in [0.717, 1.165) is 42.3 Å². The van der Waals surface area contributed by atoms with Gasteiger partial charge in [0.05, 0.1) is 6.21 Å². The molecular formula is C18H22N4O4. The molecule has 0 spiro atoms. The highest BCUT2D eigenvalue weighted by Gasteiger charge is 2.24. The van der Waals surface area contributed by atoms with E-state index in [9.17, 15) is 14.4 Å². The van der Waals surface area contributed by atoms with Crippen molar-refractivity contribution in [1.82, 2.24) is 9.55 Å². The summed E-state index contributed by atoms with van der Waals surface area (Å²) in [4.78, 5) is 36.8. The second-order valence-electron chi connectivity index (χ2n) is 6.61. The normalized spacial score (nSPS) is 20.4. The summed E-state index contributed by atoms with van der Waals surface area (Å²) in [6.07, 6.45) is 6.28. The maximum Gasteiger partial charge on any atom is 0.329 e. The third kappa shape index (κ3) is 3.84. The summed E-state index contributed by atoms with van der Waals surface area (Å²) >= 11 is 0. The summed E-state index contributed by atoms with van der Waals surface area (Å²) < 4.78 is 6.83. The van der Waals surface area contributed by atoms with Crippen LogP contribution in [0.2, 0.25) is 0 Å². The molecule has 0 radical (unpaired) electrons. The highest BCUT2D eigenvalue weighted by Crippen LogP contribution is 2.35. The molecule has 0 aliphatic heterocycles. The number of aromatic amines is 1. The van der Waals surface area contributed by atoms with Gasteiger partial charge in [-0.3, -0.25) is 19.4 Å². The fourth-order valence-electron chi connectivity index (χ4n) is 3.12. The van der Waals surface area contributed by atoms with Crippen molar-refractivity contribution in [3.05, 3.63) is 50.6 Å². The van der Waals surface area contributed by atoms with Crippen molar-refractivity contribution in [2.24, 2.45) is 18.1 Å². The molecule has 1 aliphatic carbocycles. The molecule has 1 fully saturated rings. The zero-order chi connectivity index (χ0) is 18.7. The first-order valence-corrected chi connectivity index (χ1v) is 8.61.